The highest BCUT2D eigenvalue weighted by Gasteiger charge is 2.21. The molecular weight excluding hydrogens is 400 g/mol. The van der Waals surface area contributed by atoms with E-state index in [0.717, 1.165) is 19.3 Å². The van der Waals surface area contributed by atoms with Gasteiger partial charge in [0.1, 0.15) is 6.61 Å². The van der Waals surface area contributed by atoms with Crippen LogP contribution in [0, 0.1) is 5.92 Å². The molecule has 0 aromatic heterocycles. The normalized spacial score (nSPS) is 11.8. The molecule has 186 valence electrons. The number of rotatable bonds is 25. The first-order chi connectivity index (χ1) is 15.6. The van der Waals surface area contributed by atoms with Gasteiger partial charge in [-0.3, -0.25) is 9.59 Å². The number of carboxylic acid groups (broad SMARTS) is 1. The van der Waals surface area contributed by atoms with E-state index in [2.05, 4.69) is 13.2 Å². The van der Waals surface area contributed by atoms with Gasteiger partial charge in [0.2, 0.25) is 0 Å². The zero-order chi connectivity index (χ0) is 23.7. The molecule has 1 atom stereocenters. The summed E-state index contributed by atoms with van der Waals surface area (Å²) in [5.41, 5.74) is 0. The molecule has 0 aliphatic heterocycles. The first-order valence-corrected chi connectivity index (χ1v) is 13.2. The first kappa shape index (κ1) is 30.4. The quantitative estimate of drug-likeness (QED) is 0.0861. The fraction of sp³-hybridized carbons (Fsp3) is 0.786. The van der Waals surface area contributed by atoms with Crippen molar-refractivity contribution in [1.82, 2.24) is 0 Å². The zero-order valence-electron chi connectivity index (χ0n) is 20.7. The van der Waals surface area contributed by atoms with E-state index in [1.165, 1.54) is 102 Å². The molecule has 32 heavy (non-hydrogen) atoms. The third-order valence-corrected chi connectivity index (χ3v) is 6.09. The van der Waals surface area contributed by atoms with Crippen LogP contribution in [0.5, 0.6) is 0 Å². The van der Waals surface area contributed by atoms with E-state index in [1.54, 1.807) is 0 Å². The molecular formula is C28H50O4. The van der Waals surface area contributed by atoms with Gasteiger partial charge in [-0.15, -0.1) is 6.58 Å². The van der Waals surface area contributed by atoms with Crippen LogP contribution in [0.1, 0.15) is 128 Å². The van der Waals surface area contributed by atoms with E-state index in [0.29, 0.717) is 6.42 Å². The first-order valence-electron chi connectivity index (χ1n) is 13.2. The van der Waals surface area contributed by atoms with E-state index in [9.17, 15) is 14.7 Å². The van der Waals surface area contributed by atoms with E-state index in [-0.39, 0.29) is 13.0 Å². The highest BCUT2D eigenvalue weighted by molar-refractivity contribution is 5.78. The van der Waals surface area contributed by atoms with Gasteiger partial charge in [0, 0.05) is 0 Å². The number of allylic oxidation sites excluding steroid dienone is 1. The number of unbranched alkanes of at least 4 members (excludes halogenated alkanes) is 17. The minimum Gasteiger partial charge on any atom is -0.481 e. The van der Waals surface area contributed by atoms with Crippen molar-refractivity contribution < 1.29 is 19.4 Å². The lowest BCUT2D eigenvalue weighted by molar-refractivity contribution is -0.151. The maximum atomic E-state index is 11.6. The van der Waals surface area contributed by atoms with Crippen molar-refractivity contribution in [2.75, 3.05) is 6.61 Å². The number of esters is 1. The van der Waals surface area contributed by atoms with Crippen molar-refractivity contribution >= 4 is 11.9 Å². The molecule has 0 aromatic carbocycles. The predicted molar refractivity (Wildman–Crippen MR) is 135 cm³/mol. The van der Waals surface area contributed by atoms with Crippen LogP contribution in [-0.2, 0) is 14.3 Å². The van der Waals surface area contributed by atoms with Gasteiger partial charge in [-0.1, -0.05) is 121 Å². The van der Waals surface area contributed by atoms with Gasteiger partial charge in [-0.05, 0) is 19.3 Å². The topological polar surface area (TPSA) is 63.6 Å². The fourth-order valence-electron chi connectivity index (χ4n) is 4.06. The molecule has 1 N–H and O–H groups in total. The smallest absolute Gasteiger partial charge is 0.307 e. The number of aliphatic carboxylic acids is 1. The standard InChI is InChI=1S/C28H50O4/c1-3-5-6-7-8-9-10-11-12-13-14-15-16-17-18-19-20-21-22-23-26(28(30)31)25-27(29)32-24-4-2/h3-4,26H,1-2,5-25H2,(H,30,31). The summed E-state index contributed by atoms with van der Waals surface area (Å²) >= 11 is 0. The van der Waals surface area contributed by atoms with Gasteiger partial charge in [0.25, 0.3) is 0 Å². The Hall–Kier alpha value is -1.58. The monoisotopic (exact) mass is 450 g/mol. The molecule has 0 aliphatic rings. The Labute approximate surface area is 197 Å². The molecule has 4 nitrogen and oxygen atoms in total. The van der Waals surface area contributed by atoms with E-state index in [4.69, 9.17) is 4.74 Å². The van der Waals surface area contributed by atoms with Gasteiger partial charge >= 0.3 is 11.9 Å². The fourth-order valence-corrected chi connectivity index (χ4v) is 4.06. The van der Waals surface area contributed by atoms with Crippen LogP contribution in [0.25, 0.3) is 0 Å². The highest BCUT2D eigenvalue weighted by Crippen LogP contribution is 2.18. The number of hydrogen-bond donors (Lipinski definition) is 1. The highest BCUT2D eigenvalue weighted by atomic mass is 16.5. The van der Waals surface area contributed by atoms with Gasteiger partial charge in [-0.25, -0.2) is 0 Å². The lowest BCUT2D eigenvalue weighted by Gasteiger charge is -2.11. The van der Waals surface area contributed by atoms with Crippen molar-refractivity contribution in [2.45, 2.75) is 128 Å². The Morgan fingerprint density at radius 1 is 0.656 bits per heavy atom. The van der Waals surface area contributed by atoms with Crippen LogP contribution in [0.2, 0.25) is 0 Å². The maximum absolute atomic E-state index is 11.6. The Balaban J connectivity index is 3.37. The molecule has 0 radical (unpaired) electrons. The molecule has 0 spiro atoms. The molecule has 0 bridgehead atoms. The number of carbonyl (C=O) groups is 2. The Morgan fingerprint density at radius 2 is 1.06 bits per heavy atom. The number of hydrogen-bond acceptors (Lipinski definition) is 3. The minimum absolute atomic E-state index is 0.0424. The lowest BCUT2D eigenvalue weighted by Crippen LogP contribution is -2.19. The zero-order valence-corrected chi connectivity index (χ0v) is 20.7. The third-order valence-electron chi connectivity index (χ3n) is 6.09. The molecule has 0 rings (SSSR count). The van der Waals surface area contributed by atoms with E-state index in [1.807, 2.05) is 6.08 Å². The molecule has 0 saturated carbocycles. The average Bonchev–Trinajstić information content (AvgIpc) is 2.78. The van der Waals surface area contributed by atoms with Crippen molar-refractivity contribution in [1.29, 1.82) is 0 Å². The van der Waals surface area contributed by atoms with E-state index >= 15 is 0 Å². The lowest BCUT2D eigenvalue weighted by atomic mass is 9.97. The van der Waals surface area contributed by atoms with Crippen LogP contribution in [0.15, 0.2) is 25.3 Å². The summed E-state index contributed by atoms with van der Waals surface area (Å²) in [6.07, 6.45) is 27.2. The van der Waals surface area contributed by atoms with Crippen LogP contribution >= 0.6 is 0 Å². The number of carbonyl (C=O) groups excluding carboxylic acids is 1. The summed E-state index contributed by atoms with van der Waals surface area (Å²) < 4.78 is 4.89. The van der Waals surface area contributed by atoms with Gasteiger partial charge in [-0.2, -0.15) is 0 Å². The Morgan fingerprint density at radius 3 is 1.44 bits per heavy atom. The van der Waals surface area contributed by atoms with Crippen LogP contribution in [0.4, 0.5) is 0 Å². The summed E-state index contributed by atoms with van der Waals surface area (Å²) in [7, 11) is 0. The largest absolute Gasteiger partial charge is 0.481 e. The number of ether oxygens (including phenoxy) is 1. The van der Waals surface area contributed by atoms with Crippen LogP contribution in [0.3, 0.4) is 0 Å². The molecule has 0 saturated heterocycles. The van der Waals surface area contributed by atoms with Crippen molar-refractivity contribution in [3.63, 3.8) is 0 Å². The van der Waals surface area contributed by atoms with Crippen LogP contribution < -0.4 is 0 Å². The van der Waals surface area contributed by atoms with Gasteiger partial charge in [0.15, 0.2) is 0 Å². The molecule has 0 amide bonds. The van der Waals surface area contributed by atoms with Crippen LogP contribution in [-0.4, -0.2) is 23.7 Å². The molecule has 0 aromatic rings. The third kappa shape index (κ3) is 21.6. The molecule has 0 aliphatic carbocycles. The molecule has 0 fully saturated rings. The molecule has 4 heteroatoms. The summed E-state index contributed by atoms with van der Waals surface area (Å²) in [6, 6.07) is 0. The van der Waals surface area contributed by atoms with E-state index < -0.39 is 17.9 Å². The SMILES string of the molecule is C=CCCCCCCCCCCCCCCCCCCCC(CC(=O)OCC=C)C(=O)O. The Kier molecular flexibility index (Phi) is 22.9. The summed E-state index contributed by atoms with van der Waals surface area (Å²) in [4.78, 5) is 22.9. The number of carboxylic acids is 1. The summed E-state index contributed by atoms with van der Waals surface area (Å²) in [6.45, 7) is 7.39. The maximum Gasteiger partial charge on any atom is 0.307 e. The van der Waals surface area contributed by atoms with Crippen molar-refractivity contribution in [3.8, 4) is 0 Å². The van der Waals surface area contributed by atoms with Crippen molar-refractivity contribution in [2.24, 2.45) is 5.92 Å². The molecule has 0 heterocycles. The predicted octanol–water partition coefficient (Wildman–Crippen LogP) is 8.40. The summed E-state index contributed by atoms with van der Waals surface area (Å²) in [5.74, 6) is -1.98. The second-order valence-corrected chi connectivity index (χ2v) is 9.09. The van der Waals surface area contributed by atoms with Gasteiger partial charge in [0.05, 0.1) is 12.3 Å². The second kappa shape index (κ2) is 24.1. The van der Waals surface area contributed by atoms with Gasteiger partial charge < -0.3 is 9.84 Å². The molecule has 1 unspecified atom stereocenters. The van der Waals surface area contributed by atoms with Crippen molar-refractivity contribution in [3.05, 3.63) is 25.3 Å². The minimum atomic E-state index is -0.903. The second-order valence-electron chi connectivity index (χ2n) is 9.09. The average molecular weight is 451 g/mol. The summed E-state index contributed by atoms with van der Waals surface area (Å²) in [5, 5.41) is 9.27. The Bertz CT molecular complexity index is 472.